The van der Waals surface area contributed by atoms with Crippen LogP contribution in [0.5, 0.6) is 11.6 Å². The van der Waals surface area contributed by atoms with Gasteiger partial charge in [-0.1, -0.05) is 36.4 Å². The normalized spacial score (nSPS) is 10.6. The molecule has 1 aromatic heterocycles. The fraction of sp³-hybridized carbons (Fsp3) is 0.182. The summed E-state index contributed by atoms with van der Waals surface area (Å²) in [5.41, 5.74) is 2.15. The Kier molecular flexibility index (Phi) is 6.39. The molecule has 0 aliphatic rings. The number of aromatic nitrogens is 2. The van der Waals surface area contributed by atoms with Gasteiger partial charge in [0.05, 0.1) is 5.69 Å². The van der Waals surface area contributed by atoms with Crippen LogP contribution in [-0.2, 0) is 18.3 Å². The number of hydrogen-bond acceptors (Lipinski definition) is 3. The highest BCUT2D eigenvalue weighted by atomic mass is 19.1. The second-order valence-corrected chi connectivity index (χ2v) is 6.39. The van der Waals surface area contributed by atoms with Crippen molar-refractivity contribution in [1.29, 1.82) is 0 Å². The summed E-state index contributed by atoms with van der Waals surface area (Å²) in [6.07, 6.45) is 2.13. The Morgan fingerprint density at radius 1 is 1.24 bits per heavy atom. The molecular weight excluding hydrogens is 376 g/mol. The van der Waals surface area contributed by atoms with Gasteiger partial charge in [0, 0.05) is 37.2 Å². The van der Waals surface area contributed by atoms with Crippen LogP contribution in [-0.4, -0.2) is 22.2 Å². The zero-order valence-corrected chi connectivity index (χ0v) is 16.0. The Labute approximate surface area is 167 Å². The van der Waals surface area contributed by atoms with E-state index in [9.17, 15) is 13.6 Å². The van der Waals surface area contributed by atoms with Crippen molar-refractivity contribution < 1.29 is 18.3 Å². The van der Waals surface area contributed by atoms with Crippen molar-refractivity contribution >= 4 is 5.91 Å². The summed E-state index contributed by atoms with van der Waals surface area (Å²) in [6.45, 7) is 3.95. The molecule has 150 valence electrons. The number of benzene rings is 2. The maximum atomic E-state index is 14.1. The molecule has 0 unspecified atom stereocenters. The van der Waals surface area contributed by atoms with Crippen LogP contribution in [0.3, 0.4) is 0 Å². The van der Waals surface area contributed by atoms with E-state index in [0.29, 0.717) is 30.1 Å². The number of amides is 1. The monoisotopic (exact) mass is 397 g/mol. The molecule has 0 fully saturated rings. The Bertz CT molecular complexity index is 1020. The van der Waals surface area contributed by atoms with Gasteiger partial charge in [-0.15, -0.1) is 6.58 Å². The predicted octanol–water partition coefficient (Wildman–Crippen LogP) is 4.39. The lowest BCUT2D eigenvalue weighted by Crippen LogP contribution is -2.23. The lowest BCUT2D eigenvalue weighted by Gasteiger charge is -2.10. The van der Waals surface area contributed by atoms with E-state index in [1.54, 1.807) is 13.1 Å². The number of nitrogens with one attached hydrogen (secondary N) is 1. The average molecular weight is 397 g/mol. The number of aryl methyl sites for hydroxylation is 1. The molecule has 1 amide bonds. The van der Waals surface area contributed by atoms with Gasteiger partial charge >= 0.3 is 0 Å². The average Bonchev–Trinajstić information content (AvgIpc) is 3.03. The summed E-state index contributed by atoms with van der Waals surface area (Å²) >= 11 is 0. The Morgan fingerprint density at radius 3 is 2.69 bits per heavy atom. The third kappa shape index (κ3) is 4.87. The van der Waals surface area contributed by atoms with Crippen LogP contribution in [0.2, 0.25) is 0 Å². The van der Waals surface area contributed by atoms with Gasteiger partial charge < -0.3 is 10.1 Å². The molecule has 29 heavy (non-hydrogen) atoms. The van der Waals surface area contributed by atoms with Crippen molar-refractivity contribution in [3.8, 4) is 22.9 Å². The van der Waals surface area contributed by atoms with E-state index in [4.69, 9.17) is 4.74 Å². The van der Waals surface area contributed by atoms with E-state index in [2.05, 4.69) is 17.0 Å². The van der Waals surface area contributed by atoms with Crippen LogP contribution in [0.4, 0.5) is 8.78 Å². The molecule has 0 aliphatic heterocycles. The first kappa shape index (κ1) is 20.3. The Hall–Kier alpha value is -3.48. The molecular formula is C22H21F2N3O2. The van der Waals surface area contributed by atoms with Crippen molar-refractivity contribution in [2.75, 3.05) is 6.54 Å². The minimum Gasteiger partial charge on any atom is -0.436 e. The Morgan fingerprint density at radius 2 is 2.00 bits per heavy atom. The van der Waals surface area contributed by atoms with E-state index in [-0.39, 0.29) is 18.1 Å². The molecule has 3 rings (SSSR count). The zero-order valence-electron chi connectivity index (χ0n) is 16.0. The van der Waals surface area contributed by atoms with Gasteiger partial charge in [0.25, 0.3) is 0 Å². The van der Waals surface area contributed by atoms with Crippen LogP contribution in [0.25, 0.3) is 11.3 Å². The van der Waals surface area contributed by atoms with Gasteiger partial charge in [-0.05, 0) is 18.6 Å². The first-order chi connectivity index (χ1) is 14.0. The topological polar surface area (TPSA) is 56.2 Å². The van der Waals surface area contributed by atoms with E-state index >= 15 is 0 Å². The van der Waals surface area contributed by atoms with Crippen molar-refractivity contribution in [3.05, 3.63) is 78.4 Å². The van der Waals surface area contributed by atoms with Crippen LogP contribution >= 0.6 is 0 Å². The SMILES string of the molecule is C=CCNC(=O)CCc1c(-c2ccccc2)nn(C)c1Oc1ccc(F)cc1F. The number of carbonyl (C=O) groups excluding carboxylic acids is 1. The van der Waals surface area contributed by atoms with Crippen LogP contribution in [0.15, 0.2) is 61.2 Å². The van der Waals surface area contributed by atoms with Crippen molar-refractivity contribution in [2.45, 2.75) is 12.8 Å². The summed E-state index contributed by atoms with van der Waals surface area (Å²) in [7, 11) is 1.67. The second-order valence-electron chi connectivity index (χ2n) is 6.39. The number of halogens is 2. The first-order valence-corrected chi connectivity index (χ1v) is 9.11. The van der Waals surface area contributed by atoms with Crippen LogP contribution < -0.4 is 10.1 Å². The molecule has 0 aliphatic carbocycles. The van der Waals surface area contributed by atoms with Gasteiger partial charge in [0.1, 0.15) is 5.82 Å². The molecule has 1 N–H and O–H groups in total. The molecule has 5 nitrogen and oxygen atoms in total. The second kappa shape index (κ2) is 9.14. The molecule has 1 heterocycles. The van der Waals surface area contributed by atoms with Gasteiger partial charge in [-0.3, -0.25) is 4.79 Å². The number of nitrogens with zero attached hydrogens (tertiary/aromatic N) is 2. The minimum absolute atomic E-state index is 0.119. The largest absolute Gasteiger partial charge is 0.436 e. The van der Waals surface area contributed by atoms with E-state index in [1.807, 2.05) is 30.3 Å². The van der Waals surface area contributed by atoms with Crippen LogP contribution in [0.1, 0.15) is 12.0 Å². The first-order valence-electron chi connectivity index (χ1n) is 9.11. The van der Waals surface area contributed by atoms with Gasteiger partial charge in [0.2, 0.25) is 11.8 Å². The Balaban J connectivity index is 1.96. The molecule has 0 spiro atoms. The van der Waals surface area contributed by atoms with E-state index < -0.39 is 11.6 Å². The molecule has 0 saturated carbocycles. The van der Waals surface area contributed by atoms with Gasteiger partial charge in [0.15, 0.2) is 11.6 Å². The molecule has 0 atom stereocenters. The minimum atomic E-state index is -0.817. The third-order valence-electron chi connectivity index (χ3n) is 4.28. The quantitative estimate of drug-likeness (QED) is 0.574. The summed E-state index contributed by atoms with van der Waals surface area (Å²) in [5.74, 6) is -1.48. The lowest BCUT2D eigenvalue weighted by atomic mass is 10.0. The maximum Gasteiger partial charge on any atom is 0.221 e. The number of carbonyl (C=O) groups is 1. The highest BCUT2D eigenvalue weighted by Gasteiger charge is 2.21. The summed E-state index contributed by atoms with van der Waals surface area (Å²) in [5, 5.41) is 7.24. The highest BCUT2D eigenvalue weighted by molar-refractivity contribution is 5.77. The molecule has 0 saturated heterocycles. The smallest absolute Gasteiger partial charge is 0.221 e. The standard InChI is InChI=1S/C22H21F2N3O2/c1-3-13-25-20(28)12-10-17-21(15-7-5-4-6-8-15)26-27(2)22(17)29-19-11-9-16(23)14-18(19)24/h3-9,11,14H,1,10,12-13H2,2H3,(H,25,28). The summed E-state index contributed by atoms with van der Waals surface area (Å²) < 4.78 is 34.6. The summed E-state index contributed by atoms with van der Waals surface area (Å²) in [6, 6.07) is 12.5. The summed E-state index contributed by atoms with van der Waals surface area (Å²) in [4.78, 5) is 12.1. The number of rotatable bonds is 8. The number of hydrogen-bond donors (Lipinski definition) is 1. The fourth-order valence-electron chi connectivity index (χ4n) is 2.91. The van der Waals surface area contributed by atoms with E-state index in [1.165, 1.54) is 10.7 Å². The van der Waals surface area contributed by atoms with Gasteiger partial charge in [-0.2, -0.15) is 5.10 Å². The van der Waals surface area contributed by atoms with Crippen LogP contribution in [0, 0.1) is 11.6 Å². The van der Waals surface area contributed by atoms with Crippen molar-refractivity contribution in [1.82, 2.24) is 15.1 Å². The predicted molar refractivity (Wildman–Crippen MR) is 107 cm³/mol. The molecule has 0 radical (unpaired) electrons. The van der Waals surface area contributed by atoms with E-state index in [0.717, 1.165) is 17.7 Å². The fourth-order valence-corrected chi connectivity index (χ4v) is 2.91. The molecule has 3 aromatic rings. The highest BCUT2D eigenvalue weighted by Crippen LogP contribution is 2.34. The van der Waals surface area contributed by atoms with Crippen molar-refractivity contribution in [3.63, 3.8) is 0 Å². The molecule has 7 heteroatoms. The van der Waals surface area contributed by atoms with Crippen molar-refractivity contribution in [2.24, 2.45) is 7.05 Å². The zero-order chi connectivity index (χ0) is 20.8. The molecule has 2 aromatic carbocycles. The third-order valence-corrected chi connectivity index (χ3v) is 4.28. The number of ether oxygens (including phenoxy) is 1. The lowest BCUT2D eigenvalue weighted by molar-refractivity contribution is -0.120. The maximum absolute atomic E-state index is 14.1. The molecule has 0 bridgehead atoms. The van der Waals surface area contributed by atoms with Gasteiger partial charge in [-0.25, -0.2) is 13.5 Å².